The van der Waals surface area contributed by atoms with Crippen LogP contribution in [0, 0.1) is 0 Å². The van der Waals surface area contributed by atoms with Crippen LogP contribution in [-0.2, 0) is 6.54 Å². The van der Waals surface area contributed by atoms with Crippen LogP contribution in [0.2, 0.25) is 0 Å². The minimum absolute atomic E-state index is 0.686. The van der Waals surface area contributed by atoms with Crippen LogP contribution in [0.4, 0.5) is 0 Å². The third-order valence-corrected chi connectivity index (χ3v) is 4.33. The average molecular weight is 283 g/mol. The molecule has 21 heavy (non-hydrogen) atoms. The van der Waals surface area contributed by atoms with Crippen LogP contribution < -0.4 is 10.1 Å². The summed E-state index contributed by atoms with van der Waals surface area (Å²) in [5.74, 6) is 1.57. The van der Waals surface area contributed by atoms with Crippen molar-refractivity contribution >= 4 is 0 Å². The van der Waals surface area contributed by atoms with E-state index in [1.165, 1.54) is 36.9 Å². The molecular formula is C17H21N3O. The maximum absolute atomic E-state index is 5.23. The van der Waals surface area contributed by atoms with Gasteiger partial charge < -0.3 is 10.1 Å². The molecule has 0 bridgehead atoms. The standard InChI is InChI=1S/C17H21N3O/c1-21-16-8-6-15(7-9-16)20-17(12-2-3-12)13(11-19-20)10-18-14-4-5-14/h6-9,11-12,14,18H,2-5,10H2,1H3. The topological polar surface area (TPSA) is 39.1 Å². The number of nitrogens with zero attached hydrogens (tertiary/aromatic N) is 2. The van der Waals surface area contributed by atoms with Gasteiger partial charge in [-0.3, -0.25) is 0 Å². The summed E-state index contributed by atoms with van der Waals surface area (Å²) >= 11 is 0. The minimum Gasteiger partial charge on any atom is -0.497 e. The van der Waals surface area contributed by atoms with Crippen molar-refractivity contribution < 1.29 is 4.74 Å². The summed E-state index contributed by atoms with van der Waals surface area (Å²) in [6, 6.07) is 8.89. The SMILES string of the molecule is COc1ccc(-n2ncc(CNC3CC3)c2C2CC2)cc1. The molecule has 1 N–H and O–H groups in total. The number of aromatic nitrogens is 2. The molecule has 2 saturated carbocycles. The van der Waals surface area contributed by atoms with Gasteiger partial charge in [0.1, 0.15) is 5.75 Å². The fraction of sp³-hybridized carbons (Fsp3) is 0.471. The van der Waals surface area contributed by atoms with E-state index in [2.05, 4.69) is 27.2 Å². The van der Waals surface area contributed by atoms with Crippen LogP contribution >= 0.6 is 0 Å². The zero-order valence-corrected chi connectivity index (χ0v) is 12.4. The van der Waals surface area contributed by atoms with Crippen molar-refractivity contribution in [3.05, 3.63) is 41.7 Å². The second kappa shape index (κ2) is 5.19. The normalized spacial score (nSPS) is 18.0. The fourth-order valence-corrected chi connectivity index (χ4v) is 2.79. The lowest BCUT2D eigenvalue weighted by Gasteiger charge is -2.10. The summed E-state index contributed by atoms with van der Waals surface area (Å²) in [6.45, 7) is 0.951. The lowest BCUT2D eigenvalue weighted by molar-refractivity contribution is 0.414. The predicted octanol–water partition coefficient (Wildman–Crippen LogP) is 3.01. The van der Waals surface area contributed by atoms with Gasteiger partial charge in [0.05, 0.1) is 24.7 Å². The smallest absolute Gasteiger partial charge is 0.119 e. The Hall–Kier alpha value is -1.81. The predicted molar refractivity (Wildman–Crippen MR) is 82.0 cm³/mol. The highest BCUT2D eigenvalue weighted by molar-refractivity contribution is 5.41. The van der Waals surface area contributed by atoms with Crippen LogP contribution in [0.3, 0.4) is 0 Å². The zero-order valence-electron chi connectivity index (χ0n) is 12.4. The van der Waals surface area contributed by atoms with Crippen LogP contribution in [-0.4, -0.2) is 22.9 Å². The molecule has 2 aliphatic carbocycles. The van der Waals surface area contributed by atoms with Crippen LogP contribution in [0.1, 0.15) is 42.9 Å². The molecule has 1 heterocycles. The molecule has 0 amide bonds. The number of methoxy groups -OCH3 is 1. The second-order valence-corrected chi connectivity index (χ2v) is 6.09. The largest absolute Gasteiger partial charge is 0.497 e. The second-order valence-electron chi connectivity index (χ2n) is 6.09. The summed E-state index contributed by atoms with van der Waals surface area (Å²) in [4.78, 5) is 0. The fourth-order valence-electron chi connectivity index (χ4n) is 2.79. The molecule has 0 spiro atoms. The van der Waals surface area contributed by atoms with Crippen molar-refractivity contribution in [2.75, 3.05) is 7.11 Å². The maximum atomic E-state index is 5.23. The van der Waals surface area contributed by atoms with E-state index in [0.717, 1.165) is 24.0 Å². The van der Waals surface area contributed by atoms with Crippen molar-refractivity contribution in [3.8, 4) is 11.4 Å². The summed E-state index contributed by atoms with van der Waals surface area (Å²) in [5.41, 5.74) is 3.88. The first kappa shape index (κ1) is 12.9. The quantitative estimate of drug-likeness (QED) is 0.885. The molecule has 4 heteroatoms. The van der Waals surface area contributed by atoms with E-state index in [1.54, 1.807) is 7.11 Å². The molecule has 0 atom stereocenters. The van der Waals surface area contributed by atoms with Crippen molar-refractivity contribution in [1.82, 2.24) is 15.1 Å². The van der Waals surface area contributed by atoms with E-state index >= 15 is 0 Å². The first-order chi connectivity index (χ1) is 10.3. The van der Waals surface area contributed by atoms with Gasteiger partial charge in [0.25, 0.3) is 0 Å². The summed E-state index contributed by atoms with van der Waals surface area (Å²) < 4.78 is 7.34. The molecule has 2 fully saturated rings. The number of nitrogens with one attached hydrogen (secondary N) is 1. The molecule has 2 aliphatic rings. The van der Waals surface area contributed by atoms with E-state index in [1.807, 2.05) is 18.3 Å². The van der Waals surface area contributed by atoms with E-state index in [9.17, 15) is 0 Å². The van der Waals surface area contributed by atoms with Gasteiger partial charge in [-0.05, 0) is 49.9 Å². The molecule has 4 rings (SSSR count). The van der Waals surface area contributed by atoms with Gasteiger partial charge in [-0.2, -0.15) is 5.10 Å². The molecule has 4 nitrogen and oxygen atoms in total. The number of benzene rings is 1. The first-order valence-electron chi connectivity index (χ1n) is 7.80. The van der Waals surface area contributed by atoms with Crippen LogP contribution in [0.15, 0.2) is 30.5 Å². The molecule has 2 aromatic rings. The highest BCUT2D eigenvalue weighted by Gasteiger charge is 2.31. The molecular weight excluding hydrogens is 262 g/mol. The van der Waals surface area contributed by atoms with Crippen molar-refractivity contribution in [1.29, 1.82) is 0 Å². The Balaban J connectivity index is 1.63. The monoisotopic (exact) mass is 283 g/mol. The Bertz CT molecular complexity index is 624. The molecule has 0 radical (unpaired) electrons. The average Bonchev–Trinajstić information content (AvgIpc) is 3.45. The van der Waals surface area contributed by atoms with Crippen molar-refractivity contribution in [2.45, 2.75) is 44.2 Å². The number of hydrogen-bond acceptors (Lipinski definition) is 3. The van der Waals surface area contributed by atoms with E-state index < -0.39 is 0 Å². The van der Waals surface area contributed by atoms with Crippen molar-refractivity contribution in [2.24, 2.45) is 0 Å². The Morgan fingerprint density at radius 1 is 1.19 bits per heavy atom. The summed E-state index contributed by atoms with van der Waals surface area (Å²) in [7, 11) is 1.69. The molecule has 0 unspecified atom stereocenters. The highest BCUT2D eigenvalue weighted by atomic mass is 16.5. The van der Waals surface area contributed by atoms with Gasteiger partial charge >= 0.3 is 0 Å². The first-order valence-corrected chi connectivity index (χ1v) is 7.80. The third-order valence-electron chi connectivity index (χ3n) is 4.33. The third kappa shape index (κ3) is 2.68. The minimum atomic E-state index is 0.686. The summed E-state index contributed by atoms with van der Waals surface area (Å²) in [6.07, 6.45) is 7.26. The Morgan fingerprint density at radius 3 is 2.57 bits per heavy atom. The summed E-state index contributed by atoms with van der Waals surface area (Å²) in [5, 5.41) is 8.24. The molecule has 0 aliphatic heterocycles. The Labute approximate surface area is 125 Å². The van der Waals surface area contributed by atoms with Crippen molar-refractivity contribution in [3.63, 3.8) is 0 Å². The maximum Gasteiger partial charge on any atom is 0.119 e. The lowest BCUT2D eigenvalue weighted by atomic mass is 10.1. The van der Waals surface area contributed by atoms with Crippen LogP contribution in [0.25, 0.3) is 5.69 Å². The van der Waals surface area contributed by atoms with Gasteiger partial charge in [-0.15, -0.1) is 0 Å². The van der Waals surface area contributed by atoms with Gasteiger partial charge in [0.2, 0.25) is 0 Å². The van der Waals surface area contributed by atoms with E-state index in [4.69, 9.17) is 4.74 Å². The number of rotatable bonds is 6. The number of ether oxygens (including phenoxy) is 1. The van der Waals surface area contributed by atoms with Gasteiger partial charge in [0.15, 0.2) is 0 Å². The van der Waals surface area contributed by atoms with Gasteiger partial charge in [0, 0.05) is 24.1 Å². The molecule has 1 aromatic carbocycles. The lowest BCUT2D eigenvalue weighted by Crippen LogP contribution is -2.16. The van der Waals surface area contributed by atoms with Gasteiger partial charge in [-0.1, -0.05) is 0 Å². The zero-order chi connectivity index (χ0) is 14.2. The molecule has 110 valence electrons. The highest BCUT2D eigenvalue weighted by Crippen LogP contribution is 2.42. The Kier molecular flexibility index (Phi) is 3.19. The van der Waals surface area contributed by atoms with E-state index in [-0.39, 0.29) is 0 Å². The Morgan fingerprint density at radius 2 is 1.95 bits per heavy atom. The van der Waals surface area contributed by atoms with Gasteiger partial charge in [-0.25, -0.2) is 4.68 Å². The number of hydrogen-bond donors (Lipinski definition) is 1. The molecule has 1 aromatic heterocycles. The molecule has 0 saturated heterocycles. The van der Waals surface area contributed by atoms with E-state index in [0.29, 0.717) is 5.92 Å². The van der Waals surface area contributed by atoms with Crippen LogP contribution in [0.5, 0.6) is 5.75 Å².